The predicted octanol–water partition coefficient (Wildman–Crippen LogP) is 8.85. The number of aromatic carboxylic acids is 1. The fourth-order valence-electron chi connectivity index (χ4n) is 14.4. The van der Waals surface area contributed by atoms with Crippen LogP contribution in [0.3, 0.4) is 0 Å². The molecule has 1 amide bonds. The van der Waals surface area contributed by atoms with Crippen molar-refractivity contribution in [3.8, 4) is 0 Å². The summed E-state index contributed by atoms with van der Waals surface area (Å²) in [5, 5.41) is 13.8. The van der Waals surface area contributed by atoms with E-state index >= 15 is 0 Å². The van der Waals surface area contributed by atoms with Crippen LogP contribution in [0.5, 0.6) is 0 Å². The highest BCUT2D eigenvalue weighted by atomic mass is 16.4. The van der Waals surface area contributed by atoms with Crippen LogP contribution in [0, 0.1) is 51.2 Å². The molecule has 5 fully saturated rings. The van der Waals surface area contributed by atoms with E-state index in [2.05, 4.69) is 75.4 Å². The minimum atomic E-state index is -0.861. The van der Waals surface area contributed by atoms with Crippen LogP contribution in [0.25, 0.3) is 5.57 Å². The minimum absolute atomic E-state index is 0.0237. The van der Waals surface area contributed by atoms with Crippen LogP contribution in [-0.2, 0) is 4.79 Å². The Morgan fingerprint density at radius 2 is 1.58 bits per heavy atom. The van der Waals surface area contributed by atoms with Crippen LogP contribution in [0.4, 0.5) is 0 Å². The van der Waals surface area contributed by atoms with Crippen molar-refractivity contribution in [2.24, 2.45) is 51.2 Å². The standard InChI is InChI=1S/C46H65N3O3/c1-30(2)34-16-21-46(47-24-25-48-26-28-49(29-27-48)40(50)32-10-11-32)23-22-44(6)36(39(34)46)14-15-38-43(5)19-17-35(31-8-12-33(13-9-31)41(51)52)42(3,4)37(43)18-20-45(38,44)7/h8-10,12-13,17,34,36-39,47H,1,11,14-16,18-29H2,2-7H3,(H,51,52)/t34-,36+,37-,38+,39+,43-,44+,45+,46-/m0/s1. The Balaban J connectivity index is 1.01. The minimum Gasteiger partial charge on any atom is -0.478 e. The second-order valence-electron chi connectivity index (χ2n) is 19.8. The van der Waals surface area contributed by atoms with Crippen LogP contribution in [0.15, 0.2) is 54.1 Å². The SMILES string of the molecule is C=C(C)[C@@H]1CC[C@]2(NCCN3CCN(C(=O)C4=CC4)CC3)CC[C@]3(C)[C@H](CC[C@@H]4[C@@]5(C)CC=C(c6ccc(C(=O)O)cc6)C(C)(C)[C@@H]5CC[C@]43C)[C@@H]12. The van der Waals surface area contributed by atoms with Gasteiger partial charge >= 0.3 is 5.97 Å². The molecule has 6 aliphatic carbocycles. The van der Waals surface area contributed by atoms with E-state index in [-0.39, 0.29) is 22.3 Å². The van der Waals surface area contributed by atoms with Gasteiger partial charge in [-0.25, -0.2) is 4.79 Å². The zero-order valence-corrected chi connectivity index (χ0v) is 33.0. The number of nitrogens with zero attached hydrogens (tertiary/aromatic N) is 2. The molecule has 1 aliphatic heterocycles. The van der Waals surface area contributed by atoms with E-state index in [0.29, 0.717) is 46.0 Å². The van der Waals surface area contributed by atoms with Gasteiger partial charge in [0.2, 0.25) is 5.91 Å². The topological polar surface area (TPSA) is 72.9 Å². The molecule has 0 unspecified atom stereocenters. The summed E-state index contributed by atoms with van der Waals surface area (Å²) >= 11 is 0. The number of allylic oxidation sites excluding steroid dienone is 4. The molecular weight excluding hydrogens is 643 g/mol. The van der Waals surface area contributed by atoms with Crippen LogP contribution < -0.4 is 5.32 Å². The number of amides is 1. The van der Waals surface area contributed by atoms with Crippen molar-refractivity contribution >= 4 is 17.4 Å². The molecule has 0 aromatic heterocycles. The average Bonchev–Trinajstić information content (AvgIpc) is 3.89. The van der Waals surface area contributed by atoms with E-state index in [1.165, 1.54) is 68.1 Å². The number of carbonyl (C=O) groups excluding carboxylic acids is 1. The zero-order valence-electron chi connectivity index (χ0n) is 33.0. The quantitative estimate of drug-likeness (QED) is 0.264. The lowest BCUT2D eigenvalue weighted by molar-refractivity contribution is -0.219. The van der Waals surface area contributed by atoms with E-state index in [4.69, 9.17) is 0 Å². The molecule has 6 heteroatoms. The maximum absolute atomic E-state index is 12.6. The van der Waals surface area contributed by atoms with Gasteiger partial charge in [-0.3, -0.25) is 9.69 Å². The lowest BCUT2D eigenvalue weighted by Gasteiger charge is -2.72. The summed E-state index contributed by atoms with van der Waals surface area (Å²) in [4.78, 5) is 28.8. The third-order valence-electron chi connectivity index (χ3n) is 17.3. The van der Waals surface area contributed by atoms with Crippen molar-refractivity contribution in [3.05, 3.63) is 65.3 Å². The van der Waals surface area contributed by atoms with Gasteiger partial charge < -0.3 is 15.3 Å². The summed E-state index contributed by atoms with van der Waals surface area (Å²) < 4.78 is 0. The van der Waals surface area contributed by atoms with Gasteiger partial charge in [-0.05, 0) is 146 Å². The molecule has 0 bridgehead atoms. The van der Waals surface area contributed by atoms with Gasteiger partial charge in [0.1, 0.15) is 0 Å². The number of benzene rings is 1. The third kappa shape index (κ3) is 5.46. The van der Waals surface area contributed by atoms with E-state index in [1.54, 1.807) is 12.1 Å². The zero-order chi connectivity index (χ0) is 36.8. The monoisotopic (exact) mass is 708 g/mol. The lowest BCUT2D eigenvalue weighted by Crippen LogP contribution is -2.68. The Kier molecular flexibility index (Phi) is 8.85. The van der Waals surface area contributed by atoms with Gasteiger partial charge in [-0.15, -0.1) is 0 Å². The fraction of sp³-hybridized carbons (Fsp3) is 0.696. The molecule has 7 aliphatic rings. The summed E-state index contributed by atoms with van der Waals surface area (Å²) in [6, 6.07) is 7.63. The molecule has 52 heavy (non-hydrogen) atoms. The maximum Gasteiger partial charge on any atom is 0.335 e. The van der Waals surface area contributed by atoms with Crippen molar-refractivity contribution in [2.45, 2.75) is 111 Å². The van der Waals surface area contributed by atoms with Crippen LogP contribution >= 0.6 is 0 Å². The van der Waals surface area contributed by atoms with E-state index < -0.39 is 5.97 Å². The Hall–Kier alpha value is -2.70. The molecule has 6 nitrogen and oxygen atoms in total. The summed E-state index contributed by atoms with van der Waals surface area (Å²) in [6.07, 6.45) is 17.0. The number of piperazine rings is 1. The molecule has 1 aromatic rings. The molecule has 8 rings (SSSR count). The molecule has 0 spiro atoms. The van der Waals surface area contributed by atoms with Gasteiger partial charge in [-0.1, -0.05) is 71.1 Å². The summed E-state index contributed by atoms with van der Waals surface area (Å²) in [5.74, 6) is 2.66. The highest BCUT2D eigenvalue weighted by Crippen LogP contribution is 2.76. The average molecular weight is 708 g/mol. The Morgan fingerprint density at radius 1 is 0.865 bits per heavy atom. The second-order valence-corrected chi connectivity index (χ2v) is 19.8. The number of carboxylic acids is 1. The fourth-order valence-corrected chi connectivity index (χ4v) is 14.4. The number of carboxylic acid groups (broad SMARTS) is 1. The first-order valence-corrected chi connectivity index (χ1v) is 20.8. The summed E-state index contributed by atoms with van der Waals surface area (Å²) in [6.45, 7) is 25.8. The van der Waals surface area contributed by atoms with Crippen molar-refractivity contribution < 1.29 is 14.7 Å². The van der Waals surface area contributed by atoms with Crippen molar-refractivity contribution in [2.75, 3.05) is 39.3 Å². The maximum atomic E-state index is 12.6. The number of hydrogen-bond donors (Lipinski definition) is 2. The van der Waals surface area contributed by atoms with E-state index in [9.17, 15) is 14.7 Å². The molecule has 2 N–H and O–H groups in total. The molecule has 1 heterocycles. The van der Waals surface area contributed by atoms with Crippen LogP contribution in [0.1, 0.15) is 122 Å². The molecule has 0 radical (unpaired) electrons. The number of fused-ring (bicyclic) bond motifs is 7. The van der Waals surface area contributed by atoms with Gasteiger partial charge in [0.25, 0.3) is 0 Å². The smallest absolute Gasteiger partial charge is 0.335 e. The van der Waals surface area contributed by atoms with Crippen molar-refractivity contribution in [3.63, 3.8) is 0 Å². The molecule has 282 valence electrons. The Labute approximate surface area is 313 Å². The van der Waals surface area contributed by atoms with E-state index in [1.807, 2.05) is 12.1 Å². The highest BCUT2D eigenvalue weighted by molar-refractivity contribution is 5.97. The normalized spacial score (nSPS) is 40.7. The van der Waals surface area contributed by atoms with Gasteiger partial charge in [0.05, 0.1) is 5.56 Å². The third-order valence-corrected chi connectivity index (χ3v) is 17.3. The van der Waals surface area contributed by atoms with Gasteiger partial charge in [0.15, 0.2) is 0 Å². The first kappa shape index (κ1) is 36.3. The molecule has 9 atom stereocenters. The summed E-state index contributed by atoms with van der Waals surface area (Å²) in [7, 11) is 0. The highest BCUT2D eigenvalue weighted by Gasteiger charge is 2.70. The summed E-state index contributed by atoms with van der Waals surface area (Å²) in [5.41, 5.74) is 6.44. The second kappa shape index (κ2) is 12.7. The number of rotatable bonds is 8. The first-order valence-electron chi connectivity index (χ1n) is 20.8. The Bertz CT molecular complexity index is 1680. The molecule has 4 saturated carbocycles. The predicted molar refractivity (Wildman–Crippen MR) is 210 cm³/mol. The van der Waals surface area contributed by atoms with Crippen LogP contribution in [0.2, 0.25) is 0 Å². The Morgan fingerprint density at radius 3 is 2.23 bits per heavy atom. The van der Waals surface area contributed by atoms with Crippen LogP contribution in [-0.4, -0.2) is 71.6 Å². The number of nitrogens with one attached hydrogen (secondary N) is 1. The number of carbonyl (C=O) groups is 2. The van der Waals surface area contributed by atoms with Crippen molar-refractivity contribution in [1.82, 2.24) is 15.1 Å². The first-order chi connectivity index (χ1) is 24.6. The van der Waals surface area contributed by atoms with E-state index in [0.717, 1.165) is 57.7 Å². The van der Waals surface area contributed by atoms with Crippen molar-refractivity contribution in [1.29, 1.82) is 0 Å². The van der Waals surface area contributed by atoms with Gasteiger partial charge in [0, 0.05) is 50.4 Å². The van der Waals surface area contributed by atoms with Gasteiger partial charge in [-0.2, -0.15) is 0 Å². The molecular formula is C46H65N3O3. The largest absolute Gasteiger partial charge is 0.478 e. The molecule has 1 saturated heterocycles. The number of hydrogen-bond acceptors (Lipinski definition) is 4. The lowest BCUT2D eigenvalue weighted by atomic mass is 9.33. The molecule has 1 aromatic carbocycles.